The maximum atomic E-state index is 11.9. The monoisotopic (exact) mass is 307 g/mol. The summed E-state index contributed by atoms with van der Waals surface area (Å²) < 4.78 is 6.87. The Kier molecular flexibility index (Phi) is 4.74. The number of H-pyrrole nitrogens is 1. The number of aromatic amines is 1. The van der Waals surface area contributed by atoms with E-state index < -0.39 is 5.56 Å². The molecule has 0 aliphatic carbocycles. The Morgan fingerprint density at radius 2 is 2.38 bits per heavy atom. The third kappa shape index (κ3) is 3.30. The van der Waals surface area contributed by atoms with E-state index in [-0.39, 0.29) is 22.3 Å². The number of hydrogen-bond acceptors (Lipinski definition) is 5. The first kappa shape index (κ1) is 15.2. The Bertz CT molecular complexity index is 744. The van der Waals surface area contributed by atoms with Gasteiger partial charge in [0.1, 0.15) is 11.3 Å². The zero-order valence-corrected chi connectivity index (χ0v) is 12.7. The van der Waals surface area contributed by atoms with E-state index in [1.807, 2.05) is 13.8 Å². The molecule has 0 saturated heterocycles. The lowest BCUT2D eigenvalue weighted by Crippen LogP contribution is -2.20. The lowest BCUT2D eigenvalue weighted by Gasteiger charge is -2.16. The first-order valence-electron chi connectivity index (χ1n) is 6.64. The van der Waals surface area contributed by atoms with Crippen LogP contribution in [0.3, 0.4) is 0 Å². The van der Waals surface area contributed by atoms with Gasteiger partial charge in [-0.05, 0) is 37.7 Å². The predicted octanol–water partition coefficient (Wildman–Crippen LogP) is 2.79. The second-order valence-electron chi connectivity index (χ2n) is 4.67. The van der Waals surface area contributed by atoms with Gasteiger partial charge in [-0.15, -0.1) is 0 Å². The molecule has 0 radical (unpaired) electrons. The van der Waals surface area contributed by atoms with Crippen molar-refractivity contribution in [1.29, 1.82) is 0 Å². The zero-order valence-electron chi connectivity index (χ0n) is 11.9. The van der Waals surface area contributed by atoms with Gasteiger partial charge in [0.25, 0.3) is 5.56 Å². The molecule has 7 heteroatoms. The summed E-state index contributed by atoms with van der Waals surface area (Å²) in [5, 5.41) is 10.3. The highest BCUT2D eigenvalue weighted by atomic mass is 32.1. The van der Waals surface area contributed by atoms with Crippen LogP contribution >= 0.6 is 12.2 Å². The van der Waals surface area contributed by atoms with Crippen LogP contribution in [0.4, 0.5) is 0 Å². The second kappa shape index (κ2) is 6.53. The van der Waals surface area contributed by atoms with Crippen LogP contribution in [-0.4, -0.2) is 20.9 Å². The third-order valence-electron chi connectivity index (χ3n) is 3.23. The van der Waals surface area contributed by atoms with Gasteiger partial charge < -0.3 is 9.52 Å². The zero-order chi connectivity index (χ0) is 15.4. The standard InChI is InChI=1S/C14H17N3O3S/c1-3-9(2)17-13(19)11(12(18)16-14(17)21)8-15-7-10-5-4-6-20-10/h4-6,8-9,19H,3,7H2,1-2H3,(H,16,18,21). The first-order valence-corrected chi connectivity index (χ1v) is 7.05. The molecule has 112 valence electrons. The van der Waals surface area contributed by atoms with Gasteiger partial charge >= 0.3 is 0 Å². The summed E-state index contributed by atoms with van der Waals surface area (Å²) in [5.41, 5.74) is -0.365. The molecular weight excluding hydrogens is 290 g/mol. The normalized spacial score (nSPS) is 12.9. The molecule has 1 unspecified atom stereocenters. The SMILES string of the molecule is CCC(C)n1c(O)c(C=NCc2ccco2)c(=O)[nH]c1=S. The van der Waals surface area contributed by atoms with Gasteiger partial charge in [0, 0.05) is 12.3 Å². The Morgan fingerprint density at radius 1 is 1.62 bits per heavy atom. The van der Waals surface area contributed by atoms with Crippen molar-refractivity contribution in [2.24, 2.45) is 4.99 Å². The molecule has 2 aromatic rings. The first-order chi connectivity index (χ1) is 10.0. The Balaban J connectivity index is 2.37. The number of nitrogens with one attached hydrogen (secondary N) is 1. The molecule has 0 aliphatic rings. The van der Waals surface area contributed by atoms with Crippen molar-refractivity contribution in [3.8, 4) is 5.88 Å². The van der Waals surface area contributed by atoms with Gasteiger partial charge in [0.05, 0.1) is 12.8 Å². The van der Waals surface area contributed by atoms with Crippen molar-refractivity contribution in [1.82, 2.24) is 9.55 Å². The summed E-state index contributed by atoms with van der Waals surface area (Å²) in [5.74, 6) is 0.512. The third-order valence-corrected chi connectivity index (χ3v) is 3.53. The molecule has 0 saturated carbocycles. The fraction of sp³-hybridized carbons (Fsp3) is 0.357. The quantitative estimate of drug-likeness (QED) is 0.657. The number of aliphatic imine (C=N–C) groups is 1. The van der Waals surface area contributed by atoms with Crippen molar-refractivity contribution in [3.05, 3.63) is 44.8 Å². The van der Waals surface area contributed by atoms with Crippen LogP contribution < -0.4 is 5.56 Å². The van der Waals surface area contributed by atoms with Gasteiger partial charge in [0.15, 0.2) is 4.77 Å². The maximum absolute atomic E-state index is 11.9. The van der Waals surface area contributed by atoms with Gasteiger partial charge in [-0.3, -0.25) is 19.3 Å². The summed E-state index contributed by atoms with van der Waals surface area (Å²) in [6.45, 7) is 4.18. The number of nitrogens with zero attached hydrogens (tertiary/aromatic N) is 2. The number of furan rings is 1. The van der Waals surface area contributed by atoms with Gasteiger partial charge in [-0.2, -0.15) is 0 Å². The van der Waals surface area contributed by atoms with Gasteiger partial charge in [-0.25, -0.2) is 0 Å². The molecule has 2 heterocycles. The second-order valence-corrected chi connectivity index (χ2v) is 5.06. The van der Waals surface area contributed by atoms with Crippen LogP contribution in [0.1, 0.15) is 37.6 Å². The molecule has 0 fully saturated rings. The van der Waals surface area contributed by atoms with E-state index in [0.29, 0.717) is 12.3 Å². The summed E-state index contributed by atoms with van der Waals surface area (Å²) >= 11 is 5.09. The van der Waals surface area contributed by atoms with Crippen LogP contribution in [0.5, 0.6) is 5.88 Å². The molecule has 0 aliphatic heterocycles. The van der Waals surface area contributed by atoms with Crippen molar-refractivity contribution >= 4 is 18.4 Å². The average molecular weight is 307 g/mol. The average Bonchev–Trinajstić information content (AvgIpc) is 2.95. The predicted molar refractivity (Wildman–Crippen MR) is 82.6 cm³/mol. The minimum Gasteiger partial charge on any atom is -0.494 e. The molecular formula is C14H17N3O3S. The highest BCUT2D eigenvalue weighted by Crippen LogP contribution is 2.20. The van der Waals surface area contributed by atoms with E-state index in [9.17, 15) is 9.90 Å². The van der Waals surface area contributed by atoms with E-state index in [1.165, 1.54) is 10.8 Å². The van der Waals surface area contributed by atoms with E-state index in [2.05, 4.69) is 9.98 Å². The van der Waals surface area contributed by atoms with Crippen molar-refractivity contribution < 1.29 is 9.52 Å². The summed E-state index contributed by atoms with van der Waals surface area (Å²) in [6.07, 6.45) is 3.67. The number of aromatic hydroxyl groups is 1. The minimum absolute atomic E-state index is 0.0217. The molecule has 21 heavy (non-hydrogen) atoms. The molecule has 2 rings (SSSR count). The largest absolute Gasteiger partial charge is 0.494 e. The number of hydrogen-bond donors (Lipinski definition) is 2. The van der Waals surface area contributed by atoms with Crippen LogP contribution in [0, 0.1) is 4.77 Å². The molecule has 2 aromatic heterocycles. The summed E-state index contributed by atoms with van der Waals surface area (Å²) in [4.78, 5) is 18.6. The van der Waals surface area contributed by atoms with Crippen LogP contribution in [0.15, 0.2) is 32.6 Å². The van der Waals surface area contributed by atoms with Crippen LogP contribution in [-0.2, 0) is 6.54 Å². The molecule has 0 spiro atoms. The summed E-state index contributed by atoms with van der Waals surface area (Å²) in [7, 11) is 0. The fourth-order valence-electron chi connectivity index (χ4n) is 1.89. The van der Waals surface area contributed by atoms with Crippen LogP contribution in [0.2, 0.25) is 0 Å². The molecule has 0 bridgehead atoms. The Morgan fingerprint density at radius 3 is 3.00 bits per heavy atom. The smallest absolute Gasteiger partial charge is 0.264 e. The van der Waals surface area contributed by atoms with E-state index >= 15 is 0 Å². The van der Waals surface area contributed by atoms with Crippen molar-refractivity contribution in [2.75, 3.05) is 0 Å². The molecule has 0 amide bonds. The molecule has 1 atom stereocenters. The summed E-state index contributed by atoms with van der Waals surface area (Å²) in [6, 6.07) is 3.53. The molecule has 2 N–H and O–H groups in total. The lowest BCUT2D eigenvalue weighted by atomic mass is 10.2. The number of rotatable bonds is 5. The fourth-order valence-corrected chi connectivity index (χ4v) is 2.25. The highest BCUT2D eigenvalue weighted by molar-refractivity contribution is 7.71. The lowest BCUT2D eigenvalue weighted by molar-refractivity contribution is 0.371. The highest BCUT2D eigenvalue weighted by Gasteiger charge is 2.14. The maximum Gasteiger partial charge on any atom is 0.264 e. The topological polar surface area (TPSA) is 83.5 Å². The van der Waals surface area contributed by atoms with E-state index in [1.54, 1.807) is 18.4 Å². The molecule has 0 aromatic carbocycles. The van der Waals surface area contributed by atoms with Crippen molar-refractivity contribution in [2.45, 2.75) is 32.9 Å². The Labute approximate surface area is 126 Å². The van der Waals surface area contributed by atoms with Crippen molar-refractivity contribution in [3.63, 3.8) is 0 Å². The minimum atomic E-state index is -0.458. The van der Waals surface area contributed by atoms with E-state index in [4.69, 9.17) is 16.6 Å². The molecule has 6 nitrogen and oxygen atoms in total. The Hall–Kier alpha value is -2.15. The van der Waals surface area contributed by atoms with E-state index in [0.717, 1.165) is 6.42 Å². The van der Waals surface area contributed by atoms with Gasteiger partial charge in [0.2, 0.25) is 5.88 Å². The van der Waals surface area contributed by atoms with Crippen LogP contribution in [0.25, 0.3) is 0 Å². The number of aromatic nitrogens is 2. The van der Waals surface area contributed by atoms with Gasteiger partial charge in [-0.1, -0.05) is 6.92 Å².